The Labute approximate surface area is 123 Å². The van der Waals surface area contributed by atoms with Crippen molar-refractivity contribution in [2.45, 2.75) is 4.90 Å². The lowest BCUT2D eigenvalue weighted by atomic mass is 10.3. The largest absolute Gasteiger partial charge is 0.382 e. The molecule has 0 saturated heterocycles. The molecule has 0 aliphatic heterocycles. The molecule has 0 aliphatic carbocycles. The zero-order valence-electron chi connectivity index (χ0n) is 10.00. The first-order valence-corrected chi connectivity index (χ1v) is 7.51. The lowest BCUT2D eigenvalue weighted by Gasteiger charge is -2.08. The minimum atomic E-state index is -0.596. The van der Waals surface area contributed by atoms with Crippen LogP contribution < -0.4 is 5.32 Å². The van der Waals surface area contributed by atoms with Crippen LogP contribution in [-0.4, -0.2) is 12.3 Å². The fourth-order valence-corrected chi connectivity index (χ4v) is 2.66. The molecule has 0 saturated carbocycles. The molecule has 5 heteroatoms. The van der Waals surface area contributed by atoms with E-state index in [1.807, 2.05) is 30.3 Å². The van der Waals surface area contributed by atoms with Crippen molar-refractivity contribution in [3.63, 3.8) is 0 Å². The molecule has 1 N–H and O–H groups in total. The van der Waals surface area contributed by atoms with Crippen LogP contribution in [-0.2, 0) is 0 Å². The van der Waals surface area contributed by atoms with Crippen molar-refractivity contribution in [2.24, 2.45) is 0 Å². The lowest BCUT2D eigenvalue weighted by Crippen LogP contribution is -2.06. The predicted molar refractivity (Wildman–Crippen MR) is 79.7 cm³/mol. The standard InChI is InChI=1S/C14H12BrF2NS/c15-11-8-14(13(17)9-12(11)16)18-6-7-19-10-4-2-1-3-5-10/h1-5,8-9,18H,6-7H2. The van der Waals surface area contributed by atoms with Gasteiger partial charge in [-0.05, 0) is 34.1 Å². The van der Waals surface area contributed by atoms with Gasteiger partial charge in [-0.1, -0.05) is 18.2 Å². The van der Waals surface area contributed by atoms with Gasteiger partial charge >= 0.3 is 0 Å². The molecular formula is C14H12BrF2NS. The summed E-state index contributed by atoms with van der Waals surface area (Å²) in [7, 11) is 0. The summed E-state index contributed by atoms with van der Waals surface area (Å²) in [5.74, 6) is -0.370. The second kappa shape index (κ2) is 6.91. The van der Waals surface area contributed by atoms with Crippen LogP contribution in [0.5, 0.6) is 0 Å². The van der Waals surface area contributed by atoms with E-state index in [2.05, 4.69) is 21.2 Å². The fraction of sp³-hybridized carbons (Fsp3) is 0.143. The number of hydrogen-bond acceptors (Lipinski definition) is 2. The van der Waals surface area contributed by atoms with Crippen molar-refractivity contribution in [3.8, 4) is 0 Å². The highest BCUT2D eigenvalue weighted by atomic mass is 79.9. The molecule has 0 radical (unpaired) electrons. The summed E-state index contributed by atoms with van der Waals surface area (Å²) in [4.78, 5) is 1.17. The Kier molecular flexibility index (Phi) is 5.22. The summed E-state index contributed by atoms with van der Waals surface area (Å²) in [6, 6.07) is 12.3. The summed E-state index contributed by atoms with van der Waals surface area (Å²) in [5, 5.41) is 2.96. The van der Waals surface area contributed by atoms with E-state index < -0.39 is 11.6 Å². The third-order valence-electron chi connectivity index (χ3n) is 2.44. The third-order valence-corrected chi connectivity index (χ3v) is 4.06. The van der Waals surface area contributed by atoms with Gasteiger partial charge in [0.2, 0.25) is 0 Å². The maximum Gasteiger partial charge on any atom is 0.149 e. The van der Waals surface area contributed by atoms with Gasteiger partial charge in [0.25, 0.3) is 0 Å². The first-order chi connectivity index (χ1) is 9.16. The lowest BCUT2D eigenvalue weighted by molar-refractivity contribution is 0.581. The molecule has 100 valence electrons. The van der Waals surface area contributed by atoms with Gasteiger partial charge in [-0.3, -0.25) is 0 Å². The van der Waals surface area contributed by atoms with Crippen molar-refractivity contribution < 1.29 is 8.78 Å². The molecule has 0 spiro atoms. The molecule has 2 aromatic carbocycles. The summed E-state index contributed by atoms with van der Waals surface area (Å²) < 4.78 is 26.8. The van der Waals surface area contributed by atoms with Crippen molar-refractivity contribution in [1.29, 1.82) is 0 Å². The average molecular weight is 344 g/mol. The Morgan fingerprint density at radius 3 is 2.53 bits per heavy atom. The highest BCUT2D eigenvalue weighted by Crippen LogP contribution is 2.24. The number of benzene rings is 2. The molecule has 0 bridgehead atoms. The van der Waals surface area contributed by atoms with Crippen LogP contribution >= 0.6 is 27.7 Å². The zero-order chi connectivity index (χ0) is 13.7. The molecule has 0 aliphatic rings. The highest BCUT2D eigenvalue weighted by Gasteiger charge is 2.07. The number of anilines is 1. The summed E-state index contributed by atoms with van der Waals surface area (Å²) in [5.41, 5.74) is 0.307. The maximum absolute atomic E-state index is 13.5. The molecular weight excluding hydrogens is 332 g/mol. The molecule has 1 nitrogen and oxygen atoms in total. The van der Waals surface area contributed by atoms with Gasteiger partial charge < -0.3 is 5.32 Å². The van der Waals surface area contributed by atoms with Crippen LogP contribution in [0, 0.1) is 11.6 Å². The van der Waals surface area contributed by atoms with Crippen molar-refractivity contribution >= 4 is 33.4 Å². The van der Waals surface area contributed by atoms with E-state index in [1.165, 1.54) is 11.0 Å². The highest BCUT2D eigenvalue weighted by molar-refractivity contribution is 9.10. The molecule has 0 aromatic heterocycles. The minimum Gasteiger partial charge on any atom is -0.382 e. The Morgan fingerprint density at radius 2 is 1.79 bits per heavy atom. The van der Waals surface area contributed by atoms with Crippen LogP contribution in [0.1, 0.15) is 0 Å². The normalized spacial score (nSPS) is 10.5. The van der Waals surface area contributed by atoms with Gasteiger partial charge in [0.05, 0.1) is 10.2 Å². The van der Waals surface area contributed by atoms with Crippen LogP contribution in [0.15, 0.2) is 51.8 Å². The van der Waals surface area contributed by atoms with E-state index in [9.17, 15) is 8.78 Å². The Morgan fingerprint density at radius 1 is 1.05 bits per heavy atom. The second-order valence-corrected chi connectivity index (χ2v) is 5.86. The molecule has 2 aromatic rings. The number of nitrogens with one attached hydrogen (secondary N) is 1. The topological polar surface area (TPSA) is 12.0 Å². The van der Waals surface area contributed by atoms with E-state index in [0.717, 1.165) is 11.8 Å². The number of rotatable bonds is 5. The van der Waals surface area contributed by atoms with Crippen molar-refractivity contribution in [2.75, 3.05) is 17.6 Å². The van der Waals surface area contributed by atoms with Crippen molar-refractivity contribution in [3.05, 3.63) is 58.6 Å². The summed E-state index contributed by atoms with van der Waals surface area (Å²) >= 11 is 4.72. The predicted octanol–water partition coefficient (Wildman–Crippen LogP) is 4.93. The first-order valence-electron chi connectivity index (χ1n) is 5.73. The Hall–Kier alpha value is -1.07. The Balaban J connectivity index is 1.85. The second-order valence-electron chi connectivity index (χ2n) is 3.83. The summed E-state index contributed by atoms with van der Waals surface area (Å²) in [6.45, 7) is 0.606. The maximum atomic E-state index is 13.5. The van der Waals surface area contributed by atoms with Crippen molar-refractivity contribution in [1.82, 2.24) is 0 Å². The van der Waals surface area contributed by atoms with E-state index in [4.69, 9.17) is 0 Å². The molecule has 0 atom stereocenters. The first kappa shape index (κ1) is 14.3. The van der Waals surface area contributed by atoms with Crippen LogP contribution in [0.3, 0.4) is 0 Å². The zero-order valence-corrected chi connectivity index (χ0v) is 12.4. The molecule has 2 rings (SSSR count). The van der Waals surface area contributed by atoms with E-state index in [-0.39, 0.29) is 4.47 Å². The van der Waals surface area contributed by atoms with Crippen LogP contribution in [0.4, 0.5) is 14.5 Å². The minimum absolute atomic E-state index is 0.257. The Bertz CT molecular complexity index is 549. The van der Waals surface area contributed by atoms with Crippen LogP contribution in [0.25, 0.3) is 0 Å². The fourth-order valence-electron chi connectivity index (χ4n) is 1.53. The van der Waals surface area contributed by atoms with Gasteiger partial charge in [-0.15, -0.1) is 11.8 Å². The van der Waals surface area contributed by atoms with E-state index in [0.29, 0.717) is 12.2 Å². The average Bonchev–Trinajstić information content (AvgIpc) is 2.41. The molecule has 0 heterocycles. The SMILES string of the molecule is Fc1cc(F)c(NCCSc2ccccc2)cc1Br. The number of thioether (sulfide) groups is 1. The smallest absolute Gasteiger partial charge is 0.149 e. The van der Waals surface area contributed by atoms with Gasteiger partial charge in [-0.25, -0.2) is 8.78 Å². The third kappa shape index (κ3) is 4.21. The van der Waals surface area contributed by atoms with Gasteiger partial charge in [0, 0.05) is 23.3 Å². The van der Waals surface area contributed by atoms with Gasteiger partial charge in [0.1, 0.15) is 11.6 Å². The van der Waals surface area contributed by atoms with Gasteiger partial charge in [-0.2, -0.15) is 0 Å². The van der Waals surface area contributed by atoms with Gasteiger partial charge in [0.15, 0.2) is 0 Å². The van der Waals surface area contributed by atoms with E-state index >= 15 is 0 Å². The number of halogens is 3. The van der Waals surface area contributed by atoms with E-state index in [1.54, 1.807) is 11.8 Å². The van der Waals surface area contributed by atoms with Crippen LogP contribution in [0.2, 0.25) is 0 Å². The molecule has 0 fully saturated rings. The quantitative estimate of drug-likeness (QED) is 0.469. The molecule has 0 amide bonds. The molecule has 0 unspecified atom stereocenters. The number of hydrogen-bond donors (Lipinski definition) is 1. The molecule has 19 heavy (non-hydrogen) atoms. The monoisotopic (exact) mass is 343 g/mol. The summed E-state index contributed by atoms with van der Waals surface area (Å²) in [6.07, 6.45) is 0.